The van der Waals surface area contributed by atoms with Crippen molar-refractivity contribution in [3.63, 3.8) is 0 Å². The normalized spacial score (nSPS) is 21.3. The van der Waals surface area contributed by atoms with Gasteiger partial charge >= 0.3 is 5.97 Å². The Morgan fingerprint density at radius 1 is 1.67 bits per heavy atom. The highest BCUT2D eigenvalue weighted by Gasteiger charge is 2.31. The molecule has 0 radical (unpaired) electrons. The summed E-state index contributed by atoms with van der Waals surface area (Å²) in [5, 5.41) is 8.80. The van der Waals surface area contributed by atoms with Crippen molar-refractivity contribution in [3.8, 4) is 0 Å². The summed E-state index contributed by atoms with van der Waals surface area (Å²) < 4.78 is 0. The van der Waals surface area contributed by atoms with Crippen LogP contribution in [0.3, 0.4) is 0 Å². The third-order valence-electron chi connectivity index (χ3n) is 2.12. The van der Waals surface area contributed by atoms with Gasteiger partial charge in [-0.1, -0.05) is 18.2 Å². The second-order valence-electron chi connectivity index (χ2n) is 3.15. The lowest BCUT2D eigenvalue weighted by Gasteiger charge is -2.23. The van der Waals surface area contributed by atoms with Gasteiger partial charge in [0, 0.05) is 0 Å². The van der Waals surface area contributed by atoms with Crippen molar-refractivity contribution in [1.82, 2.24) is 0 Å². The fourth-order valence-electron chi connectivity index (χ4n) is 1.16. The van der Waals surface area contributed by atoms with Crippen molar-refractivity contribution >= 4 is 5.97 Å². The number of aliphatic carboxylic acids is 1. The fourth-order valence-corrected chi connectivity index (χ4v) is 1.16. The molecule has 0 amide bonds. The van der Waals surface area contributed by atoms with Crippen LogP contribution in [0.4, 0.5) is 0 Å². The van der Waals surface area contributed by atoms with Gasteiger partial charge in [-0.25, -0.2) is 4.79 Å². The number of carboxylic acid groups (broad SMARTS) is 1. The van der Waals surface area contributed by atoms with E-state index in [1.807, 2.05) is 18.2 Å². The van der Waals surface area contributed by atoms with Gasteiger partial charge in [0.05, 0.1) is 0 Å². The fraction of sp³-hybridized carbons (Fsp3) is 0.444. The van der Waals surface area contributed by atoms with Crippen LogP contribution >= 0.6 is 0 Å². The van der Waals surface area contributed by atoms with Crippen molar-refractivity contribution in [2.24, 2.45) is 5.73 Å². The van der Waals surface area contributed by atoms with Crippen LogP contribution in [0.15, 0.2) is 23.8 Å². The minimum atomic E-state index is -1.20. The first-order valence-electron chi connectivity index (χ1n) is 3.92. The molecule has 3 nitrogen and oxygen atoms in total. The van der Waals surface area contributed by atoms with E-state index >= 15 is 0 Å². The Morgan fingerprint density at radius 2 is 2.33 bits per heavy atom. The molecule has 0 saturated carbocycles. The Bertz CT molecular complexity index is 251. The molecule has 3 N–H and O–H groups in total. The Labute approximate surface area is 71.6 Å². The predicted molar refractivity (Wildman–Crippen MR) is 46.7 cm³/mol. The average Bonchev–Trinajstić information content (AvgIpc) is 2.06. The number of rotatable bonds is 2. The molecule has 0 aromatic heterocycles. The van der Waals surface area contributed by atoms with Gasteiger partial charge in [0.2, 0.25) is 0 Å². The highest BCUT2D eigenvalue weighted by molar-refractivity contribution is 5.82. The zero-order valence-corrected chi connectivity index (χ0v) is 7.08. The van der Waals surface area contributed by atoms with Crippen LogP contribution in [0.2, 0.25) is 0 Å². The van der Waals surface area contributed by atoms with Crippen LogP contribution < -0.4 is 5.73 Å². The van der Waals surface area contributed by atoms with Crippen LogP contribution in [0.5, 0.6) is 0 Å². The first-order valence-corrected chi connectivity index (χ1v) is 3.92. The summed E-state index contributed by atoms with van der Waals surface area (Å²) in [6.07, 6.45) is 7.27. The monoisotopic (exact) mass is 167 g/mol. The SMILES string of the molecule is C[C@](N)(C(=O)O)C1=CCC=CC1. The smallest absolute Gasteiger partial charge is 0.327 e. The molecule has 0 spiro atoms. The van der Waals surface area contributed by atoms with E-state index in [0.717, 1.165) is 12.0 Å². The van der Waals surface area contributed by atoms with Gasteiger partial charge in [0.25, 0.3) is 0 Å². The maximum absolute atomic E-state index is 10.7. The highest BCUT2D eigenvalue weighted by Crippen LogP contribution is 2.21. The third-order valence-corrected chi connectivity index (χ3v) is 2.12. The molecule has 0 aliphatic heterocycles. The average molecular weight is 167 g/mol. The van der Waals surface area contributed by atoms with E-state index in [2.05, 4.69) is 0 Å². The van der Waals surface area contributed by atoms with Crippen LogP contribution in [-0.2, 0) is 4.79 Å². The molecule has 0 saturated heterocycles. The summed E-state index contributed by atoms with van der Waals surface area (Å²) in [6.45, 7) is 1.53. The molecular weight excluding hydrogens is 154 g/mol. The molecule has 0 aromatic rings. The third kappa shape index (κ3) is 1.56. The van der Waals surface area contributed by atoms with Gasteiger partial charge in [0.15, 0.2) is 0 Å². The lowest BCUT2D eigenvalue weighted by molar-refractivity contribution is -0.141. The lowest BCUT2D eigenvalue weighted by atomic mass is 9.87. The molecule has 1 atom stereocenters. The van der Waals surface area contributed by atoms with Crippen molar-refractivity contribution in [1.29, 1.82) is 0 Å². The van der Waals surface area contributed by atoms with Crippen molar-refractivity contribution in [2.75, 3.05) is 0 Å². The molecular formula is C9H13NO2. The van der Waals surface area contributed by atoms with Crippen LogP contribution in [0, 0.1) is 0 Å². The van der Waals surface area contributed by atoms with E-state index in [0.29, 0.717) is 6.42 Å². The van der Waals surface area contributed by atoms with Crippen LogP contribution in [0.25, 0.3) is 0 Å². The van der Waals surface area contributed by atoms with Crippen LogP contribution in [0.1, 0.15) is 19.8 Å². The van der Waals surface area contributed by atoms with E-state index in [-0.39, 0.29) is 0 Å². The van der Waals surface area contributed by atoms with Gasteiger partial charge in [0.1, 0.15) is 5.54 Å². The van der Waals surface area contributed by atoms with Gasteiger partial charge in [-0.15, -0.1) is 0 Å². The standard InChI is InChI=1S/C9H13NO2/c1-9(10,8(11)12)7-5-3-2-4-6-7/h2-3,6H,4-5,10H2,1H3,(H,11,12)/t9-/m1/s1. The number of carbonyl (C=O) groups is 1. The van der Waals surface area contributed by atoms with E-state index in [4.69, 9.17) is 10.8 Å². The van der Waals surface area contributed by atoms with Gasteiger partial charge in [-0.3, -0.25) is 0 Å². The number of nitrogens with two attached hydrogens (primary N) is 1. The van der Waals surface area contributed by atoms with Crippen molar-refractivity contribution in [3.05, 3.63) is 23.8 Å². The molecule has 0 aromatic carbocycles. The zero-order chi connectivity index (χ0) is 9.19. The summed E-state index contributed by atoms with van der Waals surface area (Å²) >= 11 is 0. The quantitative estimate of drug-likeness (QED) is 0.604. The summed E-state index contributed by atoms with van der Waals surface area (Å²) in [5.74, 6) is -0.968. The minimum Gasteiger partial charge on any atom is -0.480 e. The second kappa shape index (κ2) is 3.11. The maximum atomic E-state index is 10.7. The van der Waals surface area contributed by atoms with Gasteiger partial charge in [-0.05, 0) is 25.3 Å². The molecule has 1 aliphatic carbocycles. The lowest BCUT2D eigenvalue weighted by Crippen LogP contribution is -2.46. The summed E-state index contributed by atoms with van der Waals surface area (Å²) in [7, 11) is 0. The highest BCUT2D eigenvalue weighted by atomic mass is 16.4. The van der Waals surface area contributed by atoms with E-state index in [1.54, 1.807) is 0 Å². The molecule has 1 aliphatic rings. The summed E-state index contributed by atoms with van der Waals surface area (Å²) in [6, 6.07) is 0. The number of hydrogen-bond donors (Lipinski definition) is 2. The number of hydrogen-bond acceptors (Lipinski definition) is 2. The topological polar surface area (TPSA) is 63.3 Å². The van der Waals surface area contributed by atoms with Crippen molar-refractivity contribution < 1.29 is 9.90 Å². The Kier molecular flexibility index (Phi) is 2.33. The number of allylic oxidation sites excluding steroid dienone is 3. The van der Waals surface area contributed by atoms with Gasteiger partial charge < -0.3 is 10.8 Å². The van der Waals surface area contributed by atoms with Crippen molar-refractivity contribution in [2.45, 2.75) is 25.3 Å². The zero-order valence-electron chi connectivity index (χ0n) is 7.08. The van der Waals surface area contributed by atoms with E-state index < -0.39 is 11.5 Å². The maximum Gasteiger partial charge on any atom is 0.327 e. The summed E-state index contributed by atoms with van der Waals surface area (Å²) in [4.78, 5) is 10.7. The molecule has 0 unspecified atom stereocenters. The van der Waals surface area contributed by atoms with Gasteiger partial charge in [-0.2, -0.15) is 0 Å². The Hall–Kier alpha value is -1.09. The molecule has 3 heteroatoms. The van der Waals surface area contributed by atoms with E-state index in [9.17, 15) is 4.79 Å². The molecule has 12 heavy (non-hydrogen) atoms. The molecule has 0 heterocycles. The Balaban J connectivity index is 2.81. The molecule has 0 fully saturated rings. The van der Waals surface area contributed by atoms with Crippen LogP contribution in [-0.4, -0.2) is 16.6 Å². The first-order chi connectivity index (χ1) is 5.55. The summed E-state index contributed by atoms with van der Waals surface area (Å²) in [5.41, 5.74) is 5.22. The first kappa shape index (κ1) is 9.00. The number of carboxylic acids is 1. The minimum absolute atomic E-state index is 0.652. The molecule has 0 bridgehead atoms. The Morgan fingerprint density at radius 3 is 2.75 bits per heavy atom. The second-order valence-corrected chi connectivity index (χ2v) is 3.15. The molecule has 1 rings (SSSR count). The molecule has 66 valence electrons. The van der Waals surface area contributed by atoms with E-state index in [1.165, 1.54) is 6.92 Å². The predicted octanol–water partition coefficient (Wildman–Crippen LogP) is 1.06. The largest absolute Gasteiger partial charge is 0.480 e.